The highest BCUT2D eigenvalue weighted by atomic mass is 16.5. The third-order valence-corrected chi connectivity index (χ3v) is 5.34. The number of benzene rings is 1. The Morgan fingerprint density at radius 2 is 1.68 bits per heavy atom. The summed E-state index contributed by atoms with van der Waals surface area (Å²) in [5.41, 5.74) is 2.61. The SMILES string of the molecule is CN1CCN(c2ccc(NC(=O)c3ccnc(N4CCOCC4)c3)cc2)CC1. The van der Waals surface area contributed by atoms with Crippen LogP contribution in [0.25, 0.3) is 0 Å². The standard InChI is InChI=1S/C21H27N5O2/c1-24-8-10-25(11-9-24)19-4-2-18(3-5-19)23-21(27)17-6-7-22-20(16-17)26-12-14-28-15-13-26/h2-7,16H,8-15H2,1H3,(H,23,27). The zero-order valence-electron chi connectivity index (χ0n) is 16.3. The molecule has 1 N–H and O–H groups in total. The molecule has 7 heteroatoms. The Bertz CT molecular complexity index is 797. The van der Waals surface area contributed by atoms with E-state index in [0.717, 1.165) is 50.8 Å². The molecule has 1 aromatic carbocycles. The molecule has 0 saturated carbocycles. The number of carbonyl (C=O) groups excluding carboxylic acids is 1. The van der Waals surface area contributed by atoms with Crippen LogP contribution in [0.5, 0.6) is 0 Å². The van der Waals surface area contributed by atoms with Crippen LogP contribution in [-0.2, 0) is 4.74 Å². The maximum Gasteiger partial charge on any atom is 0.255 e. The van der Waals surface area contributed by atoms with E-state index in [0.29, 0.717) is 18.8 Å². The molecule has 3 heterocycles. The molecule has 2 aromatic rings. The van der Waals surface area contributed by atoms with Crippen LogP contribution in [-0.4, -0.2) is 75.3 Å². The molecule has 0 unspecified atom stereocenters. The van der Waals surface area contributed by atoms with E-state index >= 15 is 0 Å². The van der Waals surface area contributed by atoms with Crippen LogP contribution >= 0.6 is 0 Å². The number of piperazine rings is 1. The second-order valence-electron chi connectivity index (χ2n) is 7.29. The molecule has 0 spiro atoms. The first-order valence-electron chi connectivity index (χ1n) is 9.83. The lowest BCUT2D eigenvalue weighted by Crippen LogP contribution is -2.44. The van der Waals surface area contributed by atoms with Gasteiger partial charge in [0.1, 0.15) is 5.82 Å². The van der Waals surface area contributed by atoms with Gasteiger partial charge in [-0.3, -0.25) is 4.79 Å². The molecule has 2 fully saturated rings. The molecule has 0 bridgehead atoms. The van der Waals surface area contributed by atoms with E-state index in [2.05, 4.69) is 44.2 Å². The number of rotatable bonds is 4. The van der Waals surface area contributed by atoms with Gasteiger partial charge in [-0.2, -0.15) is 0 Å². The molecule has 0 aliphatic carbocycles. The molecule has 0 atom stereocenters. The molecule has 148 valence electrons. The molecular formula is C21H27N5O2. The zero-order valence-corrected chi connectivity index (χ0v) is 16.3. The number of aromatic nitrogens is 1. The first-order valence-corrected chi connectivity index (χ1v) is 9.83. The first-order chi connectivity index (χ1) is 13.7. The zero-order chi connectivity index (χ0) is 19.3. The molecule has 1 amide bonds. The van der Waals surface area contributed by atoms with E-state index in [1.807, 2.05) is 18.2 Å². The van der Waals surface area contributed by atoms with E-state index in [1.54, 1.807) is 12.3 Å². The minimum absolute atomic E-state index is 0.121. The number of morpholine rings is 1. The Morgan fingerprint density at radius 3 is 2.39 bits per heavy atom. The number of ether oxygens (including phenoxy) is 1. The summed E-state index contributed by atoms with van der Waals surface area (Å²) in [4.78, 5) is 23.9. The van der Waals surface area contributed by atoms with Gasteiger partial charge in [0.2, 0.25) is 0 Å². The number of carbonyl (C=O) groups is 1. The number of amides is 1. The van der Waals surface area contributed by atoms with E-state index in [1.165, 1.54) is 5.69 Å². The van der Waals surface area contributed by atoms with Crippen molar-refractivity contribution >= 4 is 23.1 Å². The average molecular weight is 381 g/mol. The molecule has 4 rings (SSSR count). The average Bonchev–Trinajstić information content (AvgIpc) is 2.76. The van der Waals surface area contributed by atoms with Crippen molar-refractivity contribution in [1.29, 1.82) is 0 Å². The van der Waals surface area contributed by atoms with Crippen molar-refractivity contribution in [2.24, 2.45) is 0 Å². The van der Waals surface area contributed by atoms with E-state index in [4.69, 9.17) is 4.74 Å². The number of anilines is 3. The van der Waals surface area contributed by atoms with Crippen molar-refractivity contribution in [3.05, 3.63) is 48.2 Å². The van der Waals surface area contributed by atoms with E-state index in [9.17, 15) is 4.79 Å². The molecule has 28 heavy (non-hydrogen) atoms. The van der Waals surface area contributed by atoms with Crippen LogP contribution in [0.3, 0.4) is 0 Å². The van der Waals surface area contributed by atoms with Crippen molar-refractivity contribution in [3.8, 4) is 0 Å². The third-order valence-electron chi connectivity index (χ3n) is 5.34. The maximum absolute atomic E-state index is 12.7. The molecule has 2 saturated heterocycles. The lowest BCUT2D eigenvalue weighted by atomic mass is 10.2. The van der Waals surface area contributed by atoms with Gasteiger partial charge in [-0.25, -0.2) is 4.98 Å². The fraction of sp³-hybridized carbons (Fsp3) is 0.429. The van der Waals surface area contributed by atoms with Gasteiger partial charge in [0.25, 0.3) is 5.91 Å². The molecule has 1 aromatic heterocycles. The number of nitrogens with zero attached hydrogens (tertiary/aromatic N) is 4. The minimum Gasteiger partial charge on any atom is -0.378 e. The number of hydrogen-bond donors (Lipinski definition) is 1. The van der Waals surface area contributed by atoms with Gasteiger partial charge in [0, 0.05) is 62.4 Å². The fourth-order valence-electron chi connectivity index (χ4n) is 3.55. The lowest BCUT2D eigenvalue weighted by Gasteiger charge is -2.34. The van der Waals surface area contributed by atoms with Crippen LogP contribution in [0, 0.1) is 0 Å². The summed E-state index contributed by atoms with van der Waals surface area (Å²) in [5, 5.41) is 2.99. The topological polar surface area (TPSA) is 60.9 Å². The van der Waals surface area contributed by atoms with Gasteiger partial charge in [-0.1, -0.05) is 0 Å². The Balaban J connectivity index is 1.39. The van der Waals surface area contributed by atoms with Crippen molar-refractivity contribution in [3.63, 3.8) is 0 Å². The molecular weight excluding hydrogens is 354 g/mol. The number of likely N-dealkylation sites (N-methyl/N-ethyl adjacent to an activating group) is 1. The molecule has 0 radical (unpaired) electrons. The number of nitrogens with one attached hydrogen (secondary N) is 1. The quantitative estimate of drug-likeness (QED) is 0.873. The third kappa shape index (κ3) is 4.43. The predicted octanol–water partition coefficient (Wildman–Crippen LogP) is 1.92. The summed E-state index contributed by atoms with van der Waals surface area (Å²) in [5.74, 6) is 0.700. The van der Waals surface area contributed by atoms with E-state index in [-0.39, 0.29) is 5.91 Å². The summed E-state index contributed by atoms with van der Waals surface area (Å²) in [6, 6.07) is 11.7. The predicted molar refractivity (Wildman–Crippen MR) is 111 cm³/mol. The first kappa shape index (κ1) is 18.7. The highest BCUT2D eigenvalue weighted by Gasteiger charge is 2.16. The van der Waals surface area contributed by atoms with Gasteiger partial charge in [-0.05, 0) is 43.4 Å². The van der Waals surface area contributed by atoms with Crippen LogP contribution < -0.4 is 15.1 Å². The van der Waals surface area contributed by atoms with Crippen molar-refractivity contribution in [2.75, 3.05) is 74.6 Å². The number of pyridine rings is 1. The maximum atomic E-state index is 12.7. The monoisotopic (exact) mass is 381 g/mol. The Hall–Kier alpha value is -2.64. The normalized spacial score (nSPS) is 18.2. The summed E-state index contributed by atoms with van der Waals surface area (Å²) < 4.78 is 5.38. The van der Waals surface area contributed by atoms with Crippen LogP contribution in [0.4, 0.5) is 17.2 Å². The van der Waals surface area contributed by atoms with Crippen molar-refractivity contribution < 1.29 is 9.53 Å². The van der Waals surface area contributed by atoms with Crippen molar-refractivity contribution in [1.82, 2.24) is 9.88 Å². The van der Waals surface area contributed by atoms with Crippen LogP contribution in [0.1, 0.15) is 10.4 Å². The summed E-state index contributed by atoms with van der Waals surface area (Å²) >= 11 is 0. The molecule has 7 nitrogen and oxygen atoms in total. The Kier molecular flexibility index (Phi) is 5.73. The Morgan fingerprint density at radius 1 is 0.964 bits per heavy atom. The van der Waals surface area contributed by atoms with Crippen molar-refractivity contribution in [2.45, 2.75) is 0 Å². The highest BCUT2D eigenvalue weighted by Crippen LogP contribution is 2.20. The molecule has 2 aliphatic heterocycles. The van der Waals surface area contributed by atoms with E-state index < -0.39 is 0 Å². The summed E-state index contributed by atoms with van der Waals surface area (Å²) in [6.45, 7) is 7.19. The second kappa shape index (κ2) is 8.58. The summed E-state index contributed by atoms with van der Waals surface area (Å²) in [6.07, 6.45) is 1.69. The van der Waals surface area contributed by atoms with Gasteiger partial charge >= 0.3 is 0 Å². The van der Waals surface area contributed by atoms with Gasteiger partial charge < -0.3 is 24.8 Å². The fourth-order valence-corrected chi connectivity index (χ4v) is 3.55. The largest absolute Gasteiger partial charge is 0.378 e. The second-order valence-corrected chi connectivity index (χ2v) is 7.29. The Labute approximate surface area is 165 Å². The van der Waals surface area contributed by atoms with Gasteiger partial charge in [0.05, 0.1) is 13.2 Å². The van der Waals surface area contributed by atoms with Crippen LogP contribution in [0.15, 0.2) is 42.6 Å². The smallest absolute Gasteiger partial charge is 0.255 e. The highest BCUT2D eigenvalue weighted by molar-refractivity contribution is 6.04. The lowest BCUT2D eigenvalue weighted by molar-refractivity contribution is 0.102. The van der Waals surface area contributed by atoms with Gasteiger partial charge in [-0.15, -0.1) is 0 Å². The number of hydrogen-bond acceptors (Lipinski definition) is 6. The molecule has 2 aliphatic rings. The minimum atomic E-state index is -0.121. The summed E-state index contributed by atoms with van der Waals surface area (Å²) in [7, 11) is 2.15. The van der Waals surface area contributed by atoms with Crippen LogP contribution in [0.2, 0.25) is 0 Å². The van der Waals surface area contributed by atoms with Gasteiger partial charge in [0.15, 0.2) is 0 Å².